The molecule has 1 aliphatic rings. The van der Waals surface area contributed by atoms with E-state index < -0.39 is 0 Å². The Kier molecular flexibility index (Phi) is 5.68. The van der Waals surface area contributed by atoms with Gasteiger partial charge in [-0.25, -0.2) is 0 Å². The quantitative estimate of drug-likeness (QED) is 0.785. The molecule has 1 fully saturated rings. The number of nitrogens with one attached hydrogen (secondary N) is 1. The summed E-state index contributed by atoms with van der Waals surface area (Å²) in [7, 11) is 0. The Labute approximate surface area is 135 Å². The SMILES string of the molecule is OCCN1CCC(CNCc2nc(-c3cccnc3)no2)CC1. The molecule has 0 amide bonds. The third-order valence-corrected chi connectivity index (χ3v) is 4.22. The number of aromatic nitrogens is 3. The zero-order chi connectivity index (χ0) is 15.9. The van der Waals surface area contributed by atoms with Gasteiger partial charge in [-0.05, 0) is 50.5 Å². The fraction of sp³-hybridized carbons (Fsp3) is 0.562. The summed E-state index contributed by atoms with van der Waals surface area (Å²) in [6, 6.07) is 3.77. The van der Waals surface area contributed by atoms with Gasteiger partial charge < -0.3 is 19.8 Å². The average molecular weight is 317 g/mol. The van der Waals surface area contributed by atoms with Crippen LogP contribution in [0.2, 0.25) is 0 Å². The maximum atomic E-state index is 8.96. The molecule has 1 aliphatic heterocycles. The second kappa shape index (κ2) is 8.14. The third-order valence-electron chi connectivity index (χ3n) is 4.22. The highest BCUT2D eigenvalue weighted by Crippen LogP contribution is 2.16. The predicted molar refractivity (Wildman–Crippen MR) is 85.5 cm³/mol. The molecular weight excluding hydrogens is 294 g/mol. The van der Waals surface area contributed by atoms with Gasteiger partial charge in [-0.1, -0.05) is 5.16 Å². The molecule has 1 saturated heterocycles. The standard InChI is InChI=1S/C16H23N5O2/c22-9-8-21-6-3-13(4-7-21)10-18-12-15-19-16(20-23-15)14-2-1-5-17-11-14/h1-2,5,11,13,18,22H,3-4,6-10,12H2. The van der Waals surface area contributed by atoms with Crippen molar-refractivity contribution in [3.8, 4) is 11.4 Å². The smallest absolute Gasteiger partial charge is 0.240 e. The highest BCUT2D eigenvalue weighted by molar-refractivity contribution is 5.51. The number of nitrogens with zero attached hydrogens (tertiary/aromatic N) is 4. The van der Waals surface area contributed by atoms with Crippen molar-refractivity contribution < 1.29 is 9.63 Å². The van der Waals surface area contributed by atoms with Crippen molar-refractivity contribution in [3.05, 3.63) is 30.4 Å². The summed E-state index contributed by atoms with van der Waals surface area (Å²) in [6.07, 6.45) is 5.77. The molecule has 2 N–H and O–H groups in total. The molecule has 0 aliphatic carbocycles. The van der Waals surface area contributed by atoms with Crippen molar-refractivity contribution in [2.45, 2.75) is 19.4 Å². The first kappa shape index (κ1) is 16.0. The van der Waals surface area contributed by atoms with Crippen molar-refractivity contribution in [3.63, 3.8) is 0 Å². The van der Waals surface area contributed by atoms with Gasteiger partial charge >= 0.3 is 0 Å². The van der Waals surface area contributed by atoms with E-state index in [-0.39, 0.29) is 6.61 Å². The van der Waals surface area contributed by atoms with E-state index in [1.54, 1.807) is 12.4 Å². The molecule has 7 heteroatoms. The van der Waals surface area contributed by atoms with Gasteiger partial charge in [0.05, 0.1) is 13.2 Å². The van der Waals surface area contributed by atoms with Crippen LogP contribution >= 0.6 is 0 Å². The molecule has 23 heavy (non-hydrogen) atoms. The molecule has 124 valence electrons. The van der Waals surface area contributed by atoms with Gasteiger partial charge in [0.2, 0.25) is 11.7 Å². The number of hydrogen-bond acceptors (Lipinski definition) is 7. The topological polar surface area (TPSA) is 87.3 Å². The van der Waals surface area contributed by atoms with E-state index in [0.717, 1.165) is 44.6 Å². The Morgan fingerprint density at radius 2 is 2.22 bits per heavy atom. The number of piperidine rings is 1. The summed E-state index contributed by atoms with van der Waals surface area (Å²) in [5.41, 5.74) is 0.860. The van der Waals surface area contributed by atoms with Gasteiger partial charge in [0.1, 0.15) is 0 Å². The first-order chi connectivity index (χ1) is 11.3. The third kappa shape index (κ3) is 4.57. The molecule has 0 spiro atoms. The Morgan fingerprint density at radius 3 is 2.96 bits per heavy atom. The van der Waals surface area contributed by atoms with Gasteiger partial charge in [0, 0.05) is 24.5 Å². The number of β-amino-alcohol motifs (C(OH)–C–C–N with tert-alkyl or cyclic N) is 1. The summed E-state index contributed by atoms with van der Waals surface area (Å²) >= 11 is 0. The number of rotatable bonds is 7. The molecule has 0 bridgehead atoms. The molecule has 0 saturated carbocycles. The van der Waals surface area contributed by atoms with E-state index in [9.17, 15) is 0 Å². The summed E-state index contributed by atoms with van der Waals surface area (Å²) in [5.74, 6) is 1.85. The summed E-state index contributed by atoms with van der Waals surface area (Å²) in [4.78, 5) is 10.8. The monoisotopic (exact) mass is 317 g/mol. The lowest BCUT2D eigenvalue weighted by molar-refractivity contribution is 0.146. The maximum absolute atomic E-state index is 8.96. The van der Waals surface area contributed by atoms with Crippen molar-refractivity contribution in [1.29, 1.82) is 0 Å². The molecule has 0 aromatic carbocycles. The lowest BCUT2D eigenvalue weighted by Crippen LogP contribution is -2.38. The molecule has 2 aromatic heterocycles. The number of likely N-dealkylation sites (tertiary alicyclic amines) is 1. The average Bonchev–Trinajstić information content (AvgIpc) is 3.06. The second-order valence-corrected chi connectivity index (χ2v) is 5.89. The summed E-state index contributed by atoms with van der Waals surface area (Å²) in [6.45, 7) is 4.72. The fourth-order valence-corrected chi connectivity index (χ4v) is 2.88. The van der Waals surface area contributed by atoms with Crippen LogP contribution in [0.15, 0.2) is 29.0 Å². The Bertz CT molecular complexity index is 581. The minimum atomic E-state index is 0.249. The van der Waals surface area contributed by atoms with E-state index in [2.05, 4.69) is 25.3 Å². The van der Waals surface area contributed by atoms with Crippen molar-refractivity contribution in [2.24, 2.45) is 5.92 Å². The van der Waals surface area contributed by atoms with E-state index >= 15 is 0 Å². The maximum Gasteiger partial charge on any atom is 0.240 e. The first-order valence-corrected chi connectivity index (χ1v) is 8.12. The van der Waals surface area contributed by atoms with E-state index in [1.807, 2.05) is 12.1 Å². The number of hydrogen-bond donors (Lipinski definition) is 2. The normalized spacial score (nSPS) is 16.7. The molecule has 0 radical (unpaired) electrons. The molecule has 3 heterocycles. The molecule has 3 rings (SSSR count). The van der Waals surface area contributed by atoms with Crippen LogP contribution in [-0.4, -0.2) is 57.9 Å². The van der Waals surface area contributed by atoms with Crippen LogP contribution in [-0.2, 0) is 6.54 Å². The zero-order valence-corrected chi connectivity index (χ0v) is 13.2. The van der Waals surface area contributed by atoms with E-state index in [1.165, 1.54) is 0 Å². The minimum Gasteiger partial charge on any atom is -0.395 e. The minimum absolute atomic E-state index is 0.249. The van der Waals surface area contributed by atoms with Crippen LogP contribution in [0.4, 0.5) is 0 Å². The van der Waals surface area contributed by atoms with Gasteiger partial charge in [0.25, 0.3) is 0 Å². The highest BCUT2D eigenvalue weighted by Gasteiger charge is 2.18. The Balaban J connectivity index is 1.41. The van der Waals surface area contributed by atoms with Crippen LogP contribution in [0.3, 0.4) is 0 Å². The van der Waals surface area contributed by atoms with Crippen molar-refractivity contribution >= 4 is 0 Å². The molecule has 7 nitrogen and oxygen atoms in total. The second-order valence-electron chi connectivity index (χ2n) is 5.89. The fourth-order valence-electron chi connectivity index (χ4n) is 2.88. The zero-order valence-electron chi connectivity index (χ0n) is 13.2. The van der Waals surface area contributed by atoms with Gasteiger partial charge in [-0.2, -0.15) is 4.98 Å². The predicted octanol–water partition coefficient (Wildman–Crippen LogP) is 0.925. The van der Waals surface area contributed by atoms with Crippen LogP contribution < -0.4 is 5.32 Å². The Hall–Kier alpha value is -1.83. The van der Waals surface area contributed by atoms with Crippen molar-refractivity contribution in [1.82, 2.24) is 25.3 Å². The van der Waals surface area contributed by atoms with Crippen LogP contribution in [0.1, 0.15) is 18.7 Å². The number of pyridine rings is 1. The van der Waals surface area contributed by atoms with Gasteiger partial charge in [-0.15, -0.1) is 0 Å². The molecule has 0 unspecified atom stereocenters. The number of aliphatic hydroxyl groups excluding tert-OH is 1. The van der Waals surface area contributed by atoms with Gasteiger partial charge in [0.15, 0.2) is 0 Å². The van der Waals surface area contributed by atoms with Gasteiger partial charge in [-0.3, -0.25) is 4.98 Å². The van der Waals surface area contributed by atoms with Crippen molar-refractivity contribution in [2.75, 3.05) is 32.8 Å². The first-order valence-electron chi connectivity index (χ1n) is 8.12. The van der Waals surface area contributed by atoms with Crippen LogP contribution in [0.25, 0.3) is 11.4 Å². The number of aliphatic hydroxyl groups is 1. The lowest BCUT2D eigenvalue weighted by Gasteiger charge is -2.31. The van der Waals surface area contributed by atoms with E-state index in [4.69, 9.17) is 9.63 Å². The van der Waals surface area contributed by atoms with Crippen LogP contribution in [0, 0.1) is 5.92 Å². The molecule has 2 aromatic rings. The Morgan fingerprint density at radius 1 is 1.35 bits per heavy atom. The molecule has 0 atom stereocenters. The molecular formula is C16H23N5O2. The largest absolute Gasteiger partial charge is 0.395 e. The van der Waals surface area contributed by atoms with Crippen LogP contribution in [0.5, 0.6) is 0 Å². The summed E-state index contributed by atoms with van der Waals surface area (Å²) in [5, 5.41) is 16.3. The summed E-state index contributed by atoms with van der Waals surface area (Å²) < 4.78 is 5.27. The highest BCUT2D eigenvalue weighted by atomic mass is 16.5. The lowest BCUT2D eigenvalue weighted by atomic mass is 9.97. The van der Waals surface area contributed by atoms with E-state index in [0.29, 0.717) is 24.2 Å².